The van der Waals surface area contributed by atoms with Gasteiger partial charge in [-0.15, -0.1) is 0 Å². The number of benzene rings is 3. The molecule has 3 aromatic carbocycles. The molecule has 0 amide bonds. The molecule has 3 aromatic rings. The molecule has 126 valence electrons. The van der Waals surface area contributed by atoms with E-state index < -0.39 is 0 Å². The van der Waals surface area contributed by atoms with E-state index in [1.165, 1.54) is 21.9 Å². The monoisotopic (exact) mass is 351 g/mol. The molecule has 1 fully saturated rings. The molecule has 2 heterocycles. The molecule has 25 heavy (non-hydrogen) atoms. The molecule has 4 heteroatoms. The van der Waals surface area contributed by atoms with Crippen molar-refractivity contribution in [1.82, 2.24) is 4.90 Å². The van der Waals surface area contributed by atoms with E-state index in [9.17, 15) is 0 Å². The second kappa shape index (κ2) is 6.03. The van der Waals surface area contributed by atoms with E-state index in [-0.39, 0.29) is 12.3 Å². The van der Waals surface area contributed by atoms with Gasteiger partial charge < -0.3 is 9.47 Å². The van der Waals surface area contributed by atoms with Crippen molar-refractivity contribution in [1.29, 1.82) is 0 Å². The van der Waals surface area contributed by atoms with Crippen LogP contribution >= 0.6 is 11.6 Å². The first kappa shape index (κ1) is 15.2. The highest BCUT2D eigenvalue weighted by Gasteiger charge is 2.39. The zero-order valence-corrected chi connectivity index (χ0v) is 14.4. The summed E-state index contributed by atoms with van der Waals surface area (Å²) in [6, 6.07) is 21.0. The number of morpholine rings is 1. The minimum absolute atomic E-state index is 0.0527. The highest BCUT2D eigenvalue weighted by Crippen LogP contribution is 2.45. The molecule has 0 aromatic heterocycles. The number of ether oxygens (including phenoxy) is 2. The first-order valence-electron chi connectivity index (χ1n) is 8.58. The van der Waals surface area contributed by atoms with Gasteiger partial charge in [0.15, 0.2) is 6.23 Å². The average Bonchev–Trinajstić information content (AvgIpc) is 2.67. The quantitative estimate of drug-likeness (QED) is 0.638. The number of nitrogens with zero attached hydrogens (tertiary/aromatic N) is 1. The number of halogens is 1. The van der Waals surface area contributed by atoms with Gasteiger partial charge in [-0.25, -0.2) is 0 Å². The minimum atomic E-state index is -0.0527. The van der Waals surface area contributed by atoms with Crippen LogP contribution in [0.3, 0.4) is 0 Å². The Morgan fingerprint density at radius 3 is 2.68 bits per heavy atom. The van der Waals surface area contributed by atoms with Gasteiger partial charge in [-0.3, -0.25) is 4.90 Å². The molecule has 0 bridgehead atoms. The Hall–Kier alpha value is -2.07. The Morgan fingerprint density at radius 2 is 1.80 bits per heavy atom. The lowest BCUT2D eigenvalue weighted by Crippen LogP contribution is -2.53. The summed E-state index contributed by atoms with van der Waals surface area (Å²) in [6.07, 6.45) is -0.0527. The third-order valence-electron chi connectivity index (χ3n) is 5.11. The van der Waals surface area contributed by atoms with Gasteiger partial charge in [0.05, 0.1) is 19.3 Å². The van der Waals surface area contributed by atoms with Crippen molar-refractivity contribution in [3.63, 3.8) is 0 Å². The summed E-state index contributed by atoms with van der Waals surface area (Å²) in [5.74, 6) is 0.949. The van der Waals surface area contributed by atoms with Gasteiger partial charge in [-0.05, 0) is 34.5 Å². The molecule has 5 rings (SSSR count). The maximum atomic E-state index is 6.29. The smallest absolute Gasteiger partial charge is 0.177 e. The fourth-order valence-electron chi connectivity index (χ4n) is 3.97. The maximum Gasteiger partial charge on any atom is 0.177 e. The molecule has 0 radical (unpaired) electrons. The molecule has 1 saturated heterocycles. The van der Waals surface area contributed by atoms with Crippen LogP contribution in [-0.4, -0.2) is 30.9 Å². The fourth-order valence-corrected chi connectivity index (χ4v) is 4.09. The van der Waals surface area contributed by atoms with E-state index >= 15 is 0 Å². The number of fused-ring (bicyclic) bond motifs is 4. The van der Waals surface area contributed by atoms with Crippen molar-refractivity contribution in [2.24, 2.45) is 0 Å². The van der Waals surface area contributed by atoms with E-state index in [1.54, 1.807) is 0 Å². The van der Waals surface area contributed by atoms with Crippen molar-refractivity contribution < 1.29 is 9.47 Å². The van der Waals surface area contributed by atoms with Gasteiger partial charge in [0.25, 0.3) is 0 Å². The summed E-state index contributed by atoms with van der Waals surface area (Å²) in [5.41, 5.74) is 2.47. The van der Waals surface area contributed by atoms with Crippen LogP contribution in [0.1, 0.15) is 17.2 Å². The van der Waals surface area contributed by atoms with Crippen LogP contribution in [0.5, 0.6) is 5.75 Å². The molecule has 0 unspecified atom stereocenters. The van der Waals surface area contributed by atoms with Crippen molar-refractivity contribution in [2.45, 2.75) is 12.3 Å². The van der Waals surface area contributed by atoms with Gasteiger partial charge in [-0.1, -0.05) is 54.1 Å². The van der Waals surface area contributed by atoms with E-state index in [4.69, 9.17) is 21.1 Å². The Bertz CT molecular complexity index is 925. The first-order valence-corrected chi connectivity index (χ1v) is 8.96. The molecule has 0 saturated carbocycles. The largest absolute Gasteiger partial charge is 0.472 e. The molecule has 2 atom stereocenters. The lowest BCUT2D eigenvalue weighted by Gasteiger charge is -2.45. The third-order valence-corrected chi connectivity index (χ3v) is 5.36. The number of hydrogen-bond acceptors (Lipinski definition) is 3. The molecule has 0 N–H and O–H groups in total. The van der Waals surface area contributed by atoms with Crippen LogP contribution in [-0.2, 0) is 4.74 Å². The summed E-state index contributed by atoms with van der Waals surface area (Å²) in [4.78, 5) is 2.40. The Morgan fingerprint density at radius 1 is 0.960 bits per heavy atom. The summed E-state index contributed by atoms with van der Waals surface area (Å²) in [5, 5.41) is 3.23. The van der Waals surface area contributed by atoms with Crippen molar-refractivity contribution >= 4 is 22.4 Å². The summed E-state index contributed by atoms with van der Waals surface area (Å²) >= 11 is 6.12. The lowest BCUT2D eigenvalue weighted by atomic mass is 9.90. The van der Waals surface area contributed by atoms with Crippen LogP contribution in [0.4, 0.5) is 0 Å². The van der Waals surface area contributed by atoms with Crippen LogP contribution < -0.4 is 4.74 Å². The van der Waals surface area contributed by atoms with E-state index in [1.807, 2.05) is 12.1 Å². The van der Waals surface area contributed by atoms with Crippen molar-refractivity contribution in [3.8, 4) is 5.75 Å². The predicted molar refractivity (Wildman–Crippen MR) is 99.2 cm³/mol. The fraction of sp³-hybridized carbons (Fsp3) is 0.238. The summed E-state index contributed by atoms with van der Waals surface area (Å²) < 4.78 is 12.0. The first-order chi connectivity index (χ1) is 12.3. The zero-order valence-electron chi connectivity index (χ0n) is 13.7. The van der Waals surface area contributed by atoms with Gasteiger partial charge >= 0.3 is 0 Å². The molecular weight excluding hydrogens is 334 g/mol. The van der Waals surface area contributed by atoms with Crippen LogP contribution in [0, 0.1) is 0 Å². The molecule has 0 aliphatic carbocycles. The van der Waals surface area contributed by atoms with Crippen LogP contribution in [0.25, 0.3) is 10.8 Å². The predicted octanol–water partition coefficient (Wildman–Crippen LogP) is 4.63. The number of rotatable bonds is 1. The topological polar surface area (TPSA) is 21.7 Å². The second-order valence-corrected chi connectivity index (χ2v) is 6.97. The van der Waals surface area contributed by atoms with Crippen molar-refractivity contribution in [3.05, 3.63) is 76.8 Å². The Labute approximate surface area is 151 Å². The third kappa shape index (κ3) is 2.51. The zero-order chi connectivity index (χ0) is 16.8. The Balaban J connectivity index is 1.76. The van der Waals surface area contributed by atoms with Gasteiger partial charge in [-0.2, -0.15) is 0 Å². The van der Waals surface area contributed by atoms with Crippen LogP contribution in [0.15, 0.2) is 60.7 Å². The number of hydrogen-bond donors (Lipinski definition) is 0. The lowest BCUT2D eigenvalue weighted by molar-refractivity contribution is -0.115. The highest BCUT2D eigenvalue weighted by atomic mass is 35.5. The maximum absolute atomic E-state index is 6.29. The van der Waals surface area contributed by atoms with Crippen LogP contribution in [0.2, 0.25) is 5.02 Å². The van der Waals surface area contributed by atoms with Crippen molar-refractivity contribution in [2.75, 3.05) is 19.8 Å². The molecular formula is C21H18ClNO2. The Kier molecular flexibility index (Phi) is 3.66. The molecule has 3 nitrogen and oxygen atoms in total. The SMILES string of the molecule is Clc1ccc([C@@H]2c3c(ccc4ccccc34)O[C@H]3COCCN23)cc1. The highest BCUT2D eigenvalue weighted by molar-refractivity contribution is 6.30. The molecule has 2 aliphatic rings. The second-order valence-electron chi connectivity index (χ2n) is 6.54. The molecule has 0 spiro atoms. The minimum Gasteiger partial charge on any atom is -0.472 e. The van der Waals surface area contributed by atoms with Gasteiger partial charge in [0, 0.05) is 17.1 Å². The molecule has 2 aliphatic heterocycles. The van der Waals surface area contributed by atoms with E-state index in [0.717, 1.165) is 23.9 Å². The average molecular weight is 352 g/mol. The normalized spacial score (nSPS) is 22.9. The summed E-state index contributed by atoms with van der Waals surface area (Å²) in [6.45, 7) is 2.17. The standard InChI is InChI=1S/C21H18ClNO2/c22-16-8-5-15(6-9-16)21-20-17-4-2-1-3-14(17)7-10-18(20)25-19-13-24-12-11-23(19)21/h1-10,19,21H,11-13H2/t19-,21+/m0/s1. The van der Waals surface area contributed by atoms with Gasteiger partial charge in [0.1, 0.15) is 5.75 Å². The summed E-state index contributed by atoms with van der Waals surface area (Å²) in [7, 11) is 0. The van der Waals surface area contributed by atoms with Gasteiger partial charge in [0.2, 0.25) is 0 Å². The van der Waals surface area contributed by atoms with E-state index in [0.29, 0.717) is 6.61 Å². The van der Waals surface area contributed by atoms with E-state index in [2.05, 4.69) is 53.4 Å².